The molecule has 2 unspecified atom stereocenters. The number of anilines is 1. The van der Waals surface area contributed by atoms with Crippen LogP contribution in [0.15, 0.2) is 77.7 Å². The van der Waals surface area contributed by atoms with Crippen LogP contribution in [0.5, 0.6) is 5.75 Å². The lowest BCUT2D eigenvalue weighted by Gasteiger charge is -2.35. The second-order valence-electron chi connectivity index (χ2n) is 10.4. The Bertz CT molecular complexity index is 1570. The number of aliphatic hydroxyl groups is 1. The van der Waals surface area contributed by atoms with E-state index in [1.54, 1.807) is 37.4 Å². The first-order chi connectivity index (χ1) is 19.5. The first kappa shape index (κ1) is 30.4. The molecule has 1 aromatic heterocycles. The van der Waals surface area contributed by atoms with Crippen LogP contribution in [0.2, 0.25) is 0 Å². The van der Waals surface area contributed by atoms with Crippen LogP contribution in [-0.4, -0.2) is 73.0 Å². The zero-order valence-electron chi connectivity index (χ0n) is 23.6. The molecule has 0 saturated carbocycles. The maximum Gasteiger partial charge on any atom is 0.253 e. The van der Waals surface area contributed by atoms with Gasteiger partial charge in [0.2, 0.25) is 10.0 Å². The molecule has 218 valence electrons. The summed E-state index contributed by atoms with van der Waals surface area (Å²) in [6.07, 6.45) is -0.850. The van der Waals surface area contributed by atoms with Gasteiger partial charge in [-0.1, -0.05) is 55.5 Å². The summed E-state index contributed by atoms with van der Waals surface area (Å²) in [5.41, 5.74) is 7.89. The third kappa shape index (κ3) is 7.23. The van der Waals surface area contributed by atoms with E-state index in [2.05, 4.69) is 4.98 Å². The third-order valence-corrected chi connectivity index (χ3v) is 9.55. The van der Waals surface area contributed by atoms with E-state index in [9.17, 15) is 18.3 Å². The number of ether oxygens (including phenoxy) is 1. The number of methoxy groups -OCH3 is 1. The molecule has 1 heterocycles. The van der Waals surface area contributed by atoms with Gasteiger partial charge in [0.15, 0.2) is 5.13 Å². The van der Waals surface area contributed by atoms with Crippen LogP contribution in [-0.2, 0) is 16.4 Å². The van der Waals surface area contributed by atoms with Crippen molar-refractivity contribution in [2.45, 2.75) is 37.3 Å². The number of fused-ring (bicyclic) bond motifs is 1. The smallest absolute Gasteiger partial charge is 0.253 e. The molecule has 3 N–H and O–H groups in total. The van der Waals surface area contributed by atoms with E-state index >= 15 is 0 Å². The Labute approximate surface area is 245 Å². The molecule has 0 aliphatic heterocycles. The second-order valence-corrected chi connectivity index (χ2v) is 13.4. The number of aromatic nitrogens is 1. The van der Waals surface area contributed by atoms with Crippen LogP contribution >= 0.6 is 11.3 Å². The van der Waals surface area contributed by atoms with Crippen molar-refractivity contribution >= 4 is 42.6 Å². The average molecular weight is 597 g/mol. The van der Waals surface area contributed by atoms with Gasteiger partial charge in [-0.05, 0) is 60.4 Å². The summed E-state index contributed by atoms with van der Waals surface area (Å²) in [5, 5.41) is 12.1. The number of carbonyl (C=O) groups is 1. The van der Waals surface area contributed by atoms with E-state index in [0.29, 0.717) is 28.4 Å². The van der Waals surface area contributed by atoms with Gasteiger partial charge >= 0.3 is 0 Å². The van der Waals surface area contributed by atoms with Crippen molar-refractivity contribution in [2.24, 2.45) is 5.92 Å². The van der Waals surface area contributed by atoms with Gasteiger partial charge < -0.3 is 20.5 Å². The van der Waals surface area contributed by atoms with Crippen LogP contribution in [0.3, 0.4) is 0 Å². The minimum atomic E-state index is -3.95. The summed E-state index contributed by atoms with van der Waals surface area (Å²) in [5.74, 6) is 0.245. The Morgan fingerprint density at radius 1 is 1.05 bits per heavy atom. The molecule has 3 aromatic carbocycles. The minimum Gasteiger partial charge on any atom is -0.497 e. The topological polar surface area (TPSA) is 126 Å². The fourth-order valence-corrected chi connectivity index (χ4v) is 7.12. The van der Waals surface area contributed by atoms with Crippen molar-refractivity contribution in [1.82, 2.24) is 14.2 Å². The summed E-state index contributed by atoms with van der Waals surface area (Å²) in [7, 11) is -0.797. The van der Waals surface area contributed by atoms with Gasteiger partial charge in [0.1, 0.15) is 5.75 Å². The van der Waals surface area contributed by atoms with Gasteiger partial charge in [0.05, 0.1) is 34.4 Å². The fourth-order valence-electron chi connectivity index (χ4n) is 4.72. The number of nitrogen functional groups attached to an aromatic ring is 1. The molecule has 0 radical (unpaired) electrons. The first-order valence-electron chi connectivity index (χ1n) is 13.3. The summed E-state index contributed by atoms with van der Waals surface area (Å²) in [4.78, 5) is 19.6. The highest BCUT2D eigenvalue weighted by Gasteiger charge is 2.34. The molecule has 4 aromatic rings. The quantitative estimate of drug-likeness (QED) is 0.250. The molecule has 41 heavy (non-hydrogen) atoms. The maximum atomic E-state index is 13.7. The lowest BCUT2D eigenvalue weighted by atomic mass is 9.98. The van der Waals surface area contributed by atoms with Crippen molar-refractivity contribution in [3.63, 3.8) is 0 Å². The number of amides is 1. The second kappa shape index (κ2) is 13.0. The number of nitrogens with two attached hydrogens (primary N) is 1. The molecule has 0 aliphatic carbocycles. The molecule has 9 nitrogen and oxygen atoms in total. The van der Waals surface area contributed by atoms with Gasteiger partial charge in [-0.3, -0.25) is 4.79 Å². The van der Waals surface area contributed by atoms with Crippen molar-refractivity contribution in [1.29, 1.82) is 0 Å². The monoisotopic (exact) mass is 596 g/mol. The molecule has 0 aliphatic rings. The van der Waals surface area contributed by atoms with E-state index in [0.717, 1.165) is 10.3 Å². The molecule has 4 rings (SSSR count). The first-order valence-corrected chi connectivity index (χ1v) is 15.5. The van der Waals surface area contributed by atoms with Crippen LogP contribution in [0.1, 0.15) is 29.8 Å². The molecule has 11 heteroatoms. The van der Waals surface area contributed by atoms with Gasteiger partial charge in [-0.15, -0.1) is 0 Å². The van der Waals surface area contributed by atoms with Crippen molar-refractivity contribution in [2.75, 3.05) is 33.0 Å². The molecule has 0 bridgehead atoms. The lowest BCUT2D eigenvalue weighted by molar-refractivity contribution is 0.0370. The normalized spacial score (nSPS) is 13.4. The fraction of sp³-hybridized carbons (Fsp3) is 0.333. The van der Waals surface area contributed by atoms with E-state index in [1.165, 1.54) is 39.8 Å². The van der Waals surface area contributed by atoms with Crippen LogP contribution in [0.4, 0.5) is 5.13 Å². The third-order valence-electron chi connectivity index (χ3n) is 6.86. The van der Waals surface area contributed by atoms with Crippen molar-refractivity contribution in [3.8, 4) is 5.75 Å². The molecule has 1 amide bonds. The van der Waals surface area contributed by atoms with Gasteiger partial charge in [-0.2, -0.15) is 4.31 Å². The number of carbonyl (C=O) groups excluding carboxylic acids is 1. The summed E-state index contributed by atoms with van der Waals surface area (Å²) in [6, 6.07) is 20.2. The molecule has 0 spiro atoms. The van der Waals surface area contributed by atoms with E-state index < -0.39 is 22.2 Å². The number of rotatable bonds is 12. The van der Waals surface area contributed by atoms with Gasteiger partial charge in [-0.25, -0.2) is 13.4 Å². The predicted octanol–water partition coefficient (Wildman–Crippen LogP) is 4.28. The SMILES string of the molecule is COc1ccc(S(=O)(=O)N(CC(C)C)CC(O)C(Cc2ccccc2)N(C)C(=O)c2ccc3nc(N)sc3c2)cc1. The number of thiazole rings is 1. The zero-order valence-corrected chi connectivity index (χ0v) is 25.2. The molecule has 0 saturated heterocycles. The number of benzene rings is 3. The van der Waals surface area contributed by atoms with Crippen LogP contribution < -0.4 is 10.5 Å². The summed E-state index contributed by atoms with van der Waals surface area (Å²) < 4.78 is 34.7. The number of likely N-dealkylation sites (N-methyl/N-ethyl adjacent to an activating group) is 1. The van der Waals surface area contributed by atoms with E-state index in [-0.39, 0.29) is 29.8 Å². The van der Waals surface area contributed by atoms with Crippen molar-refractivity contribution in [3.05, 3.63) is 83.9 Å². The molecular formula is C30H36N4O5S2. The Kier molecular flexibility index (Phi) is 9.64. The number of hydrogen-bond acceptors (Lipinski definition) is 8. The maximum absolute atomic E-state index is 13.7. The standard InChI is InChI=1S/C30H36N4O5S2/c1-20(2)18-34(41(37,38)24-13-11-23(39-4)12-14-24)19-27(35)26(16-21-8-6-5-7-9-21)33(3)29(36)22-10-15-25-28(17-22)40-30(31)32-25/h5-15,17,20,26-27,35H,16,18-19H2,1-4H3,(H2,31,32). The zero-order chi connectivity index (χ0) is 29.7. The van der Waals surface area contributed by atoms with E-state index in [4.69, 9.17) is 10.5 Å². The summed E-state index contributed by atoms with van der Waals surface area (Å²) in [6.45, 7) is 3.85. The number of sulfonamides is 1. The highest BCUT2D eigenvalue weighted by Crippen LogP contribution is 2.27. The average Bonchev–Trinajstić information content (AvgIpc) is 3.34. The number of nitrogens with zero attached hydrogens (tertiary/aromatic N) is 3. The van der Waals surface area contributed by atoms with Crippen LogP contribution in [0, 0.1) is 5.92 Å². The Morgan fingerprint density at radius 2 is 1.73 bits per heavy atom. The Balaban J connectivity index is 1.65. The highest BCUT2D eigenvalue weighted by molar-refractivity contribution is 7.89. The Hall–Kier alpha value is -3.51. The highest BCUT2D eigenvalue weighted by atomic mass is 32.2. The van der Waals surface area contributed by atoms with E-state index in [1.807, 2.05) is 44.2 Å². The minimum absolute atomic E-state index is 0.000673. The van der Waals surface area contributed by atoms with Gasteiger partial charge in [0, 0.05) is 25.7 Å². The van der Waals surface area contributed by atoms with Crippen molar-refractivity contribution < 1.29 is 23.1 Å². The van der Waals surface area contributed by atoms with Gasteiger partial charge in [0.25, 0.3) is 5.91 Å². The predicted molar refractivity (Wildman–Crippen MR) is 163 cm³/mol. The largest absolute Gasteiger partial charge is 0.497 e. The molecular weight excluding hydrogens is 560 g/mol. The molecule has 0 fully saturated rings. The number of aliphatic hydroxyl groups excluding tert-OH is 1. The summed E-state index contributed by atoms with van der Waals surface area (Å²) >= 11 is 1.30. The lowest BCUT2D eigenvalue weighted by Crippen LogP contribution is -2.51. The number of hydrogen-bond donors (Lipinski definition) is 2. The Morgan fingerprint density at radius 3 is 2.37 bits per heavy atom. The van der Waals surface area contributed by atoms with Crippen LogP contribution in [0.25, 0.3) is 10.2 Å². The molecule has 2 atom stereocenters.